The SMILES string of the molecule is Cc1ccc(NC(=O)Cc2csc(-c3cccc(F)c3)n2)cc1C. The molecule has 0 aliphatic heterocycles. The molecule has 0 atom stereocenters. The van der Waals surface area contributed by atoms with Crippen LogP contribution in [0.2, 0.25) is 0 Å². The van der Waals surface area contributed by atoms with Crippen LogP contribution in [0.5, 0.6) is 0 Å². The highest BCUT2D eigenvalue weighted by Crippen LogP contribution is 2.24. The topological polar surface area (TPSA) is 42.0 Å². The molecule has 1 heterocycles. The fourth-order valence-electron chi connectivity index (χ4n) is 2.33. The number of aromatic nitrogens is 1. The van der Waals surface area contributed by atoms with E-state index in [1.165, 1.54) is 29.0 Å². The van der Waals surface area contributed by atoms with E-state index in [0.717, 1.165) is 16.8 Å². The lowest BCUT2D eigenvalue weighted by atomic mass is 10.1. The van der Waals surface area contributed by atoms with Crippen molar-refractivity contribution in [2.24, 2.45) is 0 Å². The predicted molar refractivity (Wildman–Crippen MR) is 95.8 cm³/mol. The first-order chi connectivity index (χ1) is 11.5. The minimum atomic E-state index is -0.295. The van der Waals surface area contributed by atoms with Gasteiger partial charge in [0.1, 0.15) is 10.8 Å². The largest absolute Gasteiger partial charge is 0.326 e. The molecule has 0 aliphatic rings. The van der Waals surface area contributed by atoms with Crippen LogP contribution in [-0.4, -0.2) is 10.9 Å². The summed E-state index contributed by atoms with van der Waals surface area (Å²) in [5.41, 5.74) is 4.51. The van der Waals surface area contributed by atoms with E-state index in [0.29, 0.717) is 10.7 Å². The highest BCUT2D eigenvalue weighted by Gasteiger charge is 2.10. The summed E-state index contributed by atoms with van der Waals surface area (Å²) in [4.78, 5) is 16.6. The lowest BCUT2D eigenvalue weighted by molar-refractivity contribution is -0.115. The molecule has 3 nitrogen and oxygen atoms in total. The molecule has 0 saturated heterocycles. The molecule has 0 bridgehead atoms. The van der Waals surface area contributed by atoms with Crippen LogP contribution in [0.15, 0.2) is 47.8 Å². The highest BCUT2D eigenvalue weighted by atomic mass is 32.1. The molecular weight excluding hydrogens is 323 g/mol. The molecule has 0 spiro atoms. The Morgan fingerprint density at radius 2 is 2.00 bits per heavy atom. The highest BCUT2D eigenvalue weighted by molar-refractivity contribution is 7.13. The second-order valence-corrected chi connectivity index (χ2v) is 6.54. The Morgan fingerprint density at radius 1 is 1.17 bits per heavy atom. The van der Waals surface area contributed by atoms with Gasteiger partial charge in [0.05, 0.1) is 12.1 Å². The number of hydrogen-bond donors (Lipinski definition) is 1. The van der Waals surface area contributed by atoms with Gasteiger partial charge in [-0.1, -0.05) is 18.2 Å². The fraction of sp³-hybridized carbons (Fsp3) is 0.158. The van der Waals surface area contributed by atoms with Crippen LogP contribution in [0.1, 0.15) is 16.8 Å². The first-order valence-electron chi connectivity index (χ1n) is 7.59. The van der Waals surface area contributed by atoms with E-state index in [4.69, 9.17) is 0 Å². The van der Waals surface area contributed by atoms with Crippen molar-refractivity contribution < 1.29 is 9.18 Å². The van der Waals surface area contributed by atoms with Gasteiger partial charge in [0.25, 0.3) is 0 Å². The van der Waals surface area contributed by atoms with Gasteiger partial charge >= 0.3 is 0 Å². The zero-order valence-corrected chi connectivity index (χ0v) is 14.3. The van der Waals surface area contributed by atoms with Crippen LogP contribution in [0.4, 0.5) is 10.1 Å². The van der Waals surface area contributed by atoms with E-state index in [9.17, 15) is 9.18 Å². The van der Waals surface area contributed by atoms with Crippen LogP contribution in [-0.2, 0) is 11.2 Å². The summed E-state index contributed by atoms with van der Waals surface area (Å²) >= 11 is 1.41. The summed E-state index contributed by atoms with van der Waals surface area (Å²) in [6, 6.07) is 12.1. The summed E-state index contributed by atoms with van der Waals surface area (Å²) in [5, 5.41) is 5.43. The fourth-order valence-corrected chi connectivity index (χ4v) is 3.15. The van der Waals surface area contributed by atoms with E-state index in [1.54, 1.807) is 12.1 Å². The van der Waals surface area contributed by atoms with E-state index in [1.807, 2.05) is 37.4 Å². The molecule has 122 valence electrons. The minimum absolute atomic E-state index is 0.116. The second kappa shape index (κ2) is 6.93. The molecule has 0 aliphatic carbocycles. The van der Waals surface area contributed by atoms with Gasteiger partial charge in [0.15, 0.2) is 0 Å². The van der Waals surface area contributed by atoms with Gasteiger partial charge in [0.2, 0.25) is 5.91 Å². The van der Waals surface area contributed by atoms with Gasteiger partial charge in [-0.3, -0.25) is 4.79 Å². The average Bonchev–Trinajstić information content (AvgIpc) is 2.99. The Morgan fingerprint density at radius 3 is 2.75 bits per heavy atom. The van der Waals surface area contributed by atoms with E-state index in [2.05, 4.69) is 10.3 Å². The molecule has 0 fully saturated rings. The zero-order chi connectivity index (χ0) is 17.1. The van der Waals surface area contributed by atoms with Crippen LogP contribution >= 0.6 is 11.3 Å². The molecule has 1 N–H and O–H groups in total. The van der Waals surface area contributed by atoms with E-state index < -0.39 is 0 Å². The Hall–Kier alpha value is -2.53. The van der Waals surface area contributed by atoms with Crippen LogP contribution in [0, 0.1) is 19.7 Å². The van der Waals surface area contributed by atoms with Crippen LogP contribution in [0.25, 0.3) is 10.6 Å². The van der Waals surface area contributed by atoms with Gasteiger partial charge in [-0.05, 0) is 49.2 Å². The van der Waals surface area contributed by atoms with Crippen molar-refractivity contribution in [3.8, 4) is 10.6 Å². The van der Waals surface area contributed by atoms with Crippen molar-refractivity contribution in [1.29, 1.82) is 0 Å². The first kappa shape index (κ1) is 16.3. The molecule has 5 heteroatoms. The second-order valence-electron chi connectivity index (χ2n) is 5.68. The molecular formula is C19H17FN2OS. The van der Waals surface area contributed by atoms with Gasteiger partial charge in [-0.25, -0.2) is 9.37 Å². The lowest BCUT2D eigenvalue weighted by Crippen LogP contribution is -2.14. The molecule has 0 radical (unpaired) electrons. The number of benzene rings is 2. The van der Waals surface area contributed by atoms with Crippen molar-refractivity contribution in [3.63, 3.8) is 0 Å². The third-order valence-corrected chi connectivity index (χ3v) is 4.70. The minimum Gasteiger partial charge on any atom is -0.326 e. The van der Waals surface area contributed by atoms with Gasteiger partial charge < -0.3 is 5.32 Å². The van der Waals surface area contributed by atoms with Crippen molar-refractivity contribution in [2.75, 3.05) is 5.32 Å². The maximum Gasteiger partial charge on any atom is 0.230 e. The first-order valence-corrected chi connectivity index (χ1v) is 8.46. The number of amides is 1. The van der Waals surface area contributed by atoms with E-state index >= 15 is 0 Å². The van der Waals surface area contributed by atoms with E-state index in [-0.39, 0.29) is 18.1 Å². The maximum atomic E-state index is 13.3. The van der Waals surface area contributed by atoms with Crippen molar-refractivity contribution in [3.05, 3.63) is 70.5 Å². The number of aryl methyl sites for hydroxylation is 2. The Kier molecular flexibility index (Phi) is 4.71. The number of nitrogens with one attached hydrogen (secondary N) is 1. The smallest absolute Gasteiger partial charge is 0.230 e. The quantitative estimate of drug-likeness (QED) is 0.745. The normalized spacial score (nSPS) is 10.6. The van der Waals surface area contributed by atoms with Crippen molar-refractivity contribution in [2.45, 2.75) is 20.3 Å². The average molecular weight is 340 g/mol. The summed E-state index contributed by atoms with van der Waals surface area (Å²) in [6.07, 6.45) is 0.193. The van der Waals surface area contributed by atoms with Crippen LogP contribution < -0.4 is 5.32 Å². The third kappa shape index (κ3) is 3.86. The summed E-state index contributed by atoms with van der Waals surface area (Å²) in [5.74, 6) is -0.411. The molecule has 24 heavy (non-hydrogen) atoms. The molecule has 0 saturated carbocycles. The Labute approximate surface area is 144 Å². The Balaban J connectivity index is 1.68. The summed E-state index contributed by atoms with van der Waals surface area (Å²) < 4.78 is 13.3. The molecule has 1 aromatic heterocycles. The van der Waals surface area contributed by atoms with Crippen LogP contribution in [0.3, 0.4) is 0 Å². The van der Waals surface area contributed by atoms with Crippen molar-refractivity contribution in [1.82, 2.24) is 4.98 Å². The molecule has 3 rings (SSSR count). The molecule has 1 amide bonds. The standard InChI is InChI=1S/C19H17FN2OS/c1-12-6-7-16(8-13(12)2)21-18(23)10-17-11-24-19(22-17)14-4-3-5-15(20)9-14/h3-9,11H,10H2,1-2H3,(H,21,23). The van der Waals surface area contributed by atoms with Crippen molar-refractivity contribution >= 4 is 22.9 Å². The number of rotatable bonds is 4. The number of nitrogens with zero attached hydrogens (tertiary/aromatic N) is 1. The maximum absolute atomic E-state index is 13.3. The number of halogens is 1. The number of anilines is 1. The molecule has 0 unspecified atom stereocenters. The lowest BCUT2D eigenvalue weighted by Gasteiger charge is -2.06. The number of carbonyl (C=O) groups is 1. The monoisotopic (exact) mass is 340 g/mol. The van der Waals surface area contributed by atoms with Gasteiger partial charge in [0, 0.05) is 16.6 Å². The third-order valence-electron chi connectivity index (χ3n) is 3.76. The predicted octanol–water partition coefficient (Wildman–Crippen LogP) is 4.75. The van der Waals surface area contributed by atoms with Gasteiger partial charge in [-0.2, -0.15) is 0 Å². The zero-order valence-electron chi connectivity index (χ0n) is 13.5. The number of hydrogen-bond acceptors (Lipinski definition) is 3. The van der Waals surface area contributed by atoms with Gasteiger partial charge in [-0.15, -0.1) is 11.3 Å². The number of carbonyl (C=O) groups excluding carboxylic acids is 1. The number of thiazole rings is 1. The Bertz CT molecular complexity index is 889. The summed E-state index contributed by atoms with van der Waals surface area (Å²) in [6.45, 7) is 4.04. The summed E-state index contributed by atoms with van der Waals surface area (Å²) in [7, 11) is 0. The molecule has 3 aromatic rings. The molecule has 2 aromatic carbocycles.